The third-order valence-corrected chi connectivity index (χ3v) is 3.43. The van der Waals surface area contributed by atoms with Gasteiger partial charge in [0, 0.05) is 32.4 Å². The number of carbonyl (C=O) groups is 1. The molecule has 0 aliphatic carbocycles. The van der Waals surface area contributed by atoms with Gasteiger partial charge < -0.3 is 14.8 Å². The van der Waals surface area contributed by atoms with Crippen LogP contribution in [-0.4, -0.2) is 40.0 Å². The van der Waals surface area contributed by atoms with Gasteiger partial charge >= 0.3 is 0 Å². The zero-order valence-electron chi connectivity index (χ0n) is 11.1. The summed E-state index contributed by atoms with van der Waals surface area (Å²) in [4.78, 5) is 18.0. The maximum Gasteiger partial charge on any atom is 0.236 e. The Morgan fingerprint density at radius 1 is 1.39 bits per heavy atom. The van der Waals surface area contributed by atoms with Crippen molar-refractivity contribution in [1.29, 1.82) is 0 Å². The predicted octanol–water partition coefficient (Wildman–Crippen LogP) is 1.01. The molecular formula is C13H22N4O. The zero-order valence-corrected chi connectivity index (χ0v) is 11.1. The summed E-state index contributed by atoms with van der Waals surface area (Å²) >= 11 is 0. The van der Waals surface area contributed by atoms with E-state index in [2.05, 4.69) is 21.8 Å². The SMILES string of the molecule is CCn1cncc1CNCC(=O)N1CCCCC1. The van der Waals surface area contributed by atoms with Crippen molar-refractivity contribution in [2.75, 3.05) is 19.6 Å². The average Bonchev–Trinajstić information content (AvgIpc) is 2.87. The van der Waals surface area contributed by atoms with E-state index in [4.69, 9.17) is 0 Å². The molecule has 1 amide bonds. The van der Waals surface area contributed by atoms with Crippen LogP contribution >= 0.6 is 0 Å². The lowest BCUT2D eigenvalue weighted by molar-refractivity contribution is -0.131. The molecule has 0 spiro atoms. The van der Waals surface area contributed by atoms with E-state index in [0.29, 0.717) is 13.1 Å². The van der Waals surface area contributed by atoms with Crippen LogP contribution in [0.25, 0.3) is 0 Å². The number of nitrogens with one attached hydrogen (secondary N) is 1. The summed E-state index contributed by atoms with van der Waals surface area (Å²) < 4.78 is 2.08. The number of imidazole rings is 1. The molecule has 1 aliphatic rings. The summed E-state index contributed by atoms with van der Waals surface area (Å²) in [6.07, 6.45) is 7.22. The van der Waals surface area contributed by atoms with E-state index in [1.807, 2.05) is 17.4 Å². The molecule has 1 fully saturated rings. The highest BCUT2D eigenvalue weighted by atomic mass is 16.2. The van der Waals surface area contributed by atoms with Crippen LogP contribution in [0.4, 0.5) is 0 Å². The fourth-order valence-corrected chi connectivity index (χ4v) is 2.33. The van der Waals surface area contributed by atoms with Gasteiger partial charge in [-0.05, 0) is 26.2 Å². The number of rotatable bonds is 5. The first kappa shape index (κ1) is 13.1. The van der Waals surface area contributed by atoms with Crippen LogP contribution in [-0.2, 0) is 17.9 Å². The molecule has 1 aromatic heterocycles. The Morgan fingerprint density at radius 2 is 2.17 bits per heavy atom. The van der Waals surface area contributed by atoms with Crippen molar-refractivity contribution in [2.45, 2.75) is 39.3 Å². The van der Waals surface area contributed by atoms with Crippen molar-refractivity contribution in [3.63, 3.8) is 0 Å². The molecule has 0 bridgehead atoms. The van der Waals surface area contributed by atoms with Gasteiger partial charge in [-0.1, -0.05) is 0 Å². The summed E-state index contributed by atoms with van der Waals surface area (Å²) in [6, 6.07) is 0. The molecule has 1 aliphatic heterocycles. The third kappa shape index (κ3) is 3.32. The van der Waals surface area contributed by atoms with Crippen LogP contribution in [0.15, 0.2) is 12.5 Å². The highest BCUT2D eigenvalue weighted by Crippen LogP contribution is 2.08. The van der Waals surface area contributed by atoms with Crippen LogP contribution in [0.2, 0.25) is 0 Å². The molecule has 1 saturated heterocycles. The Kier molecular flexibility index (Phi) is 4.75. The Labute approximate surface area is 108 Å². The van der Waals surface area contributed by atoms with E-state index in [1.165, 1.54) is 6.42 Å². The monoisotopic (exact) mass is 250 g/mol. The summed E-state index contributed by atoms with van der Waals surface area (Å²) in [5.41, 5.74) is 1.13. The number of hydrogen-bond acceptors (Lipinski definition) is 3. The minimum absolute atomic E-state index is 0.220. The van der Waals surface area contributed by atoms with E-state index < -0.39 is 0 Å². The summed E-state index contributed by atoms with van der Waals surface area (Å²) in [6.45, 7) is 5.98. The van der Waals surface area contributed by atoms with Gasteiger partial charge in [-0.25, -0.2) is 4.98 Å². The van der Waals surface area contributed by atoms with E-state index in [0.717, 1.165) is 38.2 Å². The van der Waals surface area contributed by atoms with Gasteiger partial charge in [0.25, 0.3) is 0 Å². The van der Waals surface area contributed by atoms with Crippen LogP contribution in [0.1, 0.15) is 31.9 Å². The smallest absolute Gasteiger partial charge is 0.236 e. The number of amides is 1. The maximum atomic E-state index is 11.9. The van der Waals surface area contributed by atoms with Crippen molar-refractivity contribution in [3.8, 4) is 0 Å². The number of nitrogens with zero attached hydrogens (tertiary/aromatic N) is 3. The average molecular weight is 250 g/mol. The van der Waals surface area contributed by atoms with Gasteiger partial charge in [-0.15, -0.1) is 0 Å². The molecule has 5 heteroatoms. The van der Waals surface area contributed by atoms with Gasteiger partial charge in [0.05, 0.1) is 18.6 Å². The number of carbonyl (C=O) groups excluding carboxylic acids is 1. The number of likely N-dealkylation sites (tertiary alicyclic amines) is 1. The standard InChI is InChI=1S/C13H22N4O/c1-2-16-11-15-9-12(16)8-14-10-13(18)17-6-4-3-5-7-17/h9,11,14H,2-8,10H2,1H3. The Hall–Kier alpha value is -1.36. The number of aromatic nitrogens is 2. The molecule has 0 atom stereocenters. The molecule has 2 rings (SSSR count). The first-order valence-corrected chi connectivity index (χ1v) is 6.78. The second kappa shape index (κ2) is 6.54. The number of hydrogen-bond donors (Lipinski definition) is 1. The molecule has 0 saturated carbocycles. The Bertz CT molecular complexity index is 382. The van der Waals surface area contributed by atoms with Gasteiger partial charge in [-0.2, -0.15) is 0 Å². The lowest BCUT2D eigenvalue weighted by Gasteiger charge is -2.26. The normalized spacial score (nSPS) is 15.9. The Balaban J connectivity index is 1.73. The van der Waals surface area contributed by atoms with Crippen LogP contribution in [0.5, 0.6) is 0 Å². The van der Waals surface area contributed by atoms with Gasteiger partial charge in [0.2, 0.25) is 5.91 Å². The fourth-order valence-electron chi connectivity index (χ4n) is 2.33. The summed E-state index contributed by atoms with van der Waals surface area (Å²) in [5.74, 6) is 0.220. The van der Waals surface area contributed by atoms with E-state index in [9.17, 15) is 4.79 Å². The molecule has 100 valence electrons. The minimum Gasteiger partial charge on any atom is -0.342 e. The lowest BCUT2D eigenvalue weighted by Crippen LogP contribution is -2.41. The van der Waals surface area contributed by atoms with Gasteiger partial charge in [0.1, 0.15) is 0 Å². The topological polar surface area (TPSA) is 50.2 Å². The fraction of sp³-hybridized carbons (Fsp3) is 0.692. The molecule has 1 N–H and O–H groups in total. The number of aryl methyl sites for hydroxylation is 1. The quantitative estimate of drug-likeness (QED) is 0.848. The van der Waals surface area contributed by atoms with Crippen molar-refractivity contribution in [1.82, 2.24) is 19.8 Å². The second-order valence-electron chi connectivity index (χ2n) is 4.72. The van der Waals surface area contributed by atoms with E-state index in [1.54, 1.807) is 0 Å². The molecular weight excluding hydrogens is 228 g/mol. The predicted molar refractivity (Wildman–Crippen MR) is 70.0 cm³/mol. The number of piperidine rings is 1. The molecule has 18 heavy (non-hydrogen) atoms. The Morgan fingerprint density at radius 3 is 2.89 bits per heavy atom. The van der Waals surface area contributed by atoms with Crippen molar-refractivity contribution >= 4 is 5.91 Å². The molecule has 1 aromatic rings. The molecule has 2 heterocycles. The van der Waals surface area contributed by atoms with Crippen LogP contribution in [0.3, 0.4) is 0 Å². The highest BCUT2D eigenvalue weighted by molar-refractivity contribution is 5.78. The van der Waals surface area contributed by atoms with Crippen LogP contribution < -0.4 is 5.32 Å². The molecule has 0 aromatic carbocycles. The van der Waals surface area contributed by atoms with E-state index >= 15 is 0 Å². The molecule has 5 nitrogen and oxygen atoms in total. The van der Waals surface area contributed by atoms with E-state index in [-0.39, 0.29) is 5.91 Å². The zero-order chi connectivity index (χ0) is 12.8. The third-order valence-electron chi connectivity index (χ3n) is 3.43. The van der Waals surface area contributed by atoms with Crippen molar-refractivity contribution < 1.29 is 4.79 Å². The van der Waals surface area contributed by atoms with Gasteiger partial charge in [-0.3, -0.25) is 4.79 Å². The second-order valence-corrected chi connectivity index (χ2v) is 4.72. The molecule has 0 unspecified atom stereocenters. The maximum absolute atomic E-state index is 11.9. The largest absolute Gasteiger partial charge is 0.342 e. The van der Waals surface area contributed by atoms with Crippen molar-refractivity contribution in [2.24, 2.45) is 0 Å². The van der Waals surface area contributed by atoms with Crippen LogP contribution in [0, 0.1) is 0 Å². The lowest BCUT2D eigenvalue weighted by atomic mass is 10.1. The first-order valence-electron chi connectivity index (χ1n) is 6.78. The summed E-state index contributed by atoms with van der Waals surface area (Å²) in [5, 5.41) is 3.21. The van der Waals surface area contributed by atoms with Gasteiger partial charge in [0.15, 0.2) is 0 Å². The van der Waals surface area contributed by atoms with Crippen molar-refractivity contribution in [3.05, 3.63) is 18.2 Å². The molecule has 0 radical (unpaired) electrons. The minimum atomic E-state index is 0.220. The first-order chi connectivity index (χ1) is 8.81. The highest BCUT2D eigenvalue weighted by Gasteiger charge is 2.15. The summed E-state index contributed by atoms with van der Waals surface area (Å²) in [7, 11) is 0.